The van der Waals surface area contributed by atoms with Crippen LogP contribution in [0, 0.1) is 0 Å². The van der Waals surface area contributed by atoms with E-state index in [-0.39, 0.29) is 32.8 Å². The van der Waals surface area contributed by atoms with Crippen LogP contribution in [-0.2, 0) is 74.9 Å². The Hall–Kier alpha value is -5.33. The van der Waals surface area contributed by atoms with Crippen LogP contribution in [0.25, 0.3) is 0 Å². The highest BCUT2D eigenvalue weighted by Crippen LogP contribution is 2.45. The van der Waals surface area contributed by atoms with Gasteiger partial charge in [-0.05, 0) is 63.2 Å². The Morgan fingerprint density at radius 2 is 1.12 bits per heavy atom. The lowest BCUT2D eigenvalue weighted by molar-refractivity contribution is -0.378. The van der Waals surface area contributed by atoms with Crippen LogP contribution in [0.15, 0.2) is 158 Å². The van der Waals surface area contributed by atoms with Crippen LogP contribution < -0.4 is 4.74 Å². The standard InChI is InChI=1S/C50H47F3O7/c51-50(52,53)42-23-21-35(22-24-42)27-41-29-43(28-40-25-26-56-45(40)41)49(54)48(59-33-39-19-11-4-12-20-39)47(58-32-38-17-9-3-10-18-38)46(57-31-37-15-7-2-8-16-37)44(60-49)34-55-30-36-13-5-1-6-14-36/h1-24,28-29,44,46-48,54H,25-27,30-34H2/t44-,46-,47+,48-,49?/m1/s1. The molecule has 0 saturated carbocycles. The minimum atomic E-state index is -4.46. The quantitative estimate of drug-likeness (QED) is 0.104. The van der Waals surface area contributed by atoms with Crippen molar-refractivity contribution in [3.63, 3.8) is 0 Å². The number of rotatable bonds is 16. The van der Waals surface area contributed by atoms with Crippen molar-refractivity contribution >= 4 is 0 Å². The fraction of sp³-hybridized carbons (Fsp3) is 0.280. The Labute approximate surface area is 348 Å². The van der Waals surface area contributed by atoms with Crippen molar-refractivity contribution in [2.75, 3.05) is 13.2 Å². The Morgan fingerprint density at radius 1 is 0.600 bits per heavy atom. The molecule has 0 bridgehead atoms. The first-order valence-electron chi connectivity index (χ1n) is 20.2. The zero-order valence-electron chi connectivity index (χ0n) is 33.0. The molecule has 0 aliphatic carbocycles. The van der Waals surface area contributed by atoms with E-state index in [0.29, 0.717) is 42.1 Å². The molecular formula is C50H47F3O7. The third-order valence-electron chi connectivity index (χ3n) is 10.9. The van der Waals surface area contributed by atoms with Crippen molar-refractivity contribution in [2.45, 2.75) is 75.6 Å². The Morgan fingerprint density at radius 3 is 1.67 bits per heavy atom. The topological polar surface area (TPSA) is 75.6 Å². The van der Waals surface area contributed by atoms with Crippen molar-refractivity contribution in [1.82, 2.24) is 0 Å². The number of hydrogen-bond donors (Lipinski definition) is 1. The SMILES string of the molecule is OC1(c2cc3c(c(Cc4ccc(C(F)(F)F)cc4)c2)OCC3)O[C@H](COCc2ccccc2)[C@@H](OCc2ccccc2)[C@H](OCc2ccccc2)[C@H]1OCc1ccccc1. The van der Waals surface area contributed by atoms with E-state index in [9.17, 15) is 18.3 Å². The van der Waals surface area contributed by atoms with Crippen LogP contribution in [0.1, 0.15) is 50.1 Å². The molecule has 0 spiro atoms. The minimum Gasteiger partial charge on any atom is -0.493 e. The van der Waals surface area contributed by atoms with Gasteiger partial charge in [-0.3, -0.25) is 0 Å². The van der Waals surface area contributed by atoms with Crippen LogP contribution in [0.5, 0.6) is 5.75 Å². The molecule has 6 aromatic rings. The molecule has 1 N–H and O–H groups in total. The number of halogens is 3. The molecule has 2 aliphatic rings. The predicted molar refractivity (Wildman–Crippen MR) is 220 cm³/mol. The third kappa shape index (κ3) is 9.99. The minimum absolute atomic E-state index is 0.0414. The van der Waals surface area contributed by atoms with Crippen molar-refractivity contribution < 1.29 is 46.7 Å². The summed E-state index contributed by atoms with van der Waals surface area (Å²) in [6.07, 6.45) is -7.33. The van der Waals surface area contributed by atoms with Crippen LogP contribution in [0.2, 0.25) is 0 Å². The van der Waals surface area contributed by atoms with Crippen molar-refractivity contribution in [1.29, 1.82) is 0 Å². The summed E-state index contributed by atoms with van der Waals surface area (Å²) in [7, 11) is 0. The lowest BCUT2D eigenvalue weighted by Gasteiger charge is -2.50. The normalized spacial score (nSPS) is 21.3. The Kier molecular flexibility index (Phi) is 13.1. The molecule has 0 amide bonds. The van der Waals surface area contributed by atoms with E-state index in [2.05, 4.69) is 0 Å². The largest absolute Gasteiger partial charge is 0.493 e. The molecule has 0 aromatic heterocycles. The maximum atomic E-state index is 13.5. The molecule has 310 valence electrons. The fourth-order valence-electron chi connectivity index (χ4n) is 7.84. The van der Waals surface area contributed by atoms with Gasteiger partial charge in [-0.25, -0.2) is 0 Å². The van der Waals surface area contributed by atoms with Crippen LogP contribution in [-0.4, -0.2) is 42.7 Å². The van der Waals surface area contributed by atoms with Gasteiger partial charge >= 0.3 is 6.18 Å². The molecule has 60 heavy (non-hydrogen) atoms. The second kappa shape index (κ2) is 18.9. The molecule has 1 unspecified atom stereocenters. The van der Waals surface area contributed by atoms with Gasteiger partial charge < -0.3 is 33.5 Å². The fourth-order valence-corrected chi connectivity index (χ4v) is 7.84. The third-order valence-corrected chi connectivity index (χ3v) is 10.9. The highest BCUT2D eigenvalue weighted by atomic mass is 19.4. The monoisotopic (exact) mass is 816 g/mol. The summed E-state index contributed by atoms with van der Waals surface area (Å²) in [6.45, 7) is 1.29. The molecule has 8 rings (SSSR count). The van der Waals surface area contributed by atoms with Gasteiger partial charge in [0.1, 0.15) is 30.2 Å². The molecule has 0 radical (unpaired) electrons. The number of benzene rings is 6. The first-order chi connectivity index (χ1) is 29.2. The number of aliphatic hydroxyl groups is 1. The molecule has 2 heterocycles. The summed E-state index contributed by atoms with van der Waals surface area (Å²) in [5, 5.41) is 13.4. The van der Waals surface area contributed by atoms with E-state index in [1.807, 2.05) is 133 Å². The van der Waals surface area contributed by atoms with E-state index >= 15 is 0 Å². The van der Waals surface area contributed by atoms with E-state index in [0.717, 1.165) is 39.9 Å². The van der Waals surface area contributed by atoms with E-state index < -0.39 is 41.9 Å². The summed E-state index contributed by atoms with van der Waals surface area (Å²) < 4.78 is 80.3. The Balaban J connectivity index is 1.21. The van der Waals surface area contributed by atoms with E-state index in [1.165, 1.54) is 12.1 Å². The summed E-state index contributed by atoms with van der Waals surface area (Å²) in [6, 6.07) is 47.8. The van der Waals surface area contributed by atoms with Crippen LogP contribution in [0.3, 0.4) is 0 Å². The summed E-state index contributed by atoms with van der Waals surface area (Å²) in [5.41, 5.74) is 5.57. The molecule has 7 nitrogen and oxygen atoms in total. The molecule has 1 fully saturated rings. The van der Waals surface area contributed by atoms with Gasteiger partial charge in [0, 0.05) is 18.4 Å². The van der Waals surface area contributed by atoms with E-state index in [1.54, 1.807) is 0 Å². The molecular weight excluding hydrogens is 770 g/mol. The van der Waals surface area contributed by atoms with Gasteiger partial charge in [0.25, 0.3) is 0 Å². The number of hydrogen-bond acceptors (Lipinski definition) is 7. The maximum Gasteiger partial charge on any atom is 0.416 e. The van der Waals surface area contributed by atoms with Gasteiger partial charge in [-0.1, -0.05) is 133 Å². The second-order valence-electron chi connectivity index (χ2n) is 15.2. The van der Waals surface area contributed by atoms with Crippen molar-refractivity contribution in [2.24, 2.45) is 0 Å². The number of alkyl halides is 3. The van der Waals surface area contributed by atoms with E-state index in [4.69, 9.17) is 28.4 Å². The summed E-state index contributed by atoms with van der Waals surface area (Å²) in [4.78, 5) is 0. The average Bonchev–Trinajstić information content (AvgIpc) is 3.76. The molecule has 5 atom stereocenters. The second-order valence-corrected chi connectivity index (χ2v) is 15.2. The molecule has 2 aliphatic heterocycles. The first-order valence-corrected chi connectivity index (χ1v) is 20.2. The van der Waals surface area contributed by atoms with Crippen LogP contribution >= 0.6 is 0 Å². The predicted octanol–water partition coefficient (Wildman–Crippen LogP) is 9.75. The first kappa shape index (κ1) is 41.4. The zero-order valence-corrected chi connectivity index (χ0v) is 33.0. The molecule has 1 saturated heterocycles. The highest BCUT2D eigenvalue weighted by Gasteiger charge is 2.57. The van der Waals surface area contributed by atoms with Gasteiger partial charge in [0.15, 0.2) is 0 Å². The van der Waals surface area contributed by atoms with Gasteiger partial charge in [-0.15, -0.1) is 0 Å². The number of fused-ring (bicyclic) bond motifs is 1. The lowest BCUT2D eigenvalue weighted by atomic mass is 9.85. The average molecular weight is 817 g/mol. The Bertz CT molecular complexity index is 2260. The van der Waals surface area contributed by atoms with Gasteiger partial charge in [-0.2, -0.15) is 13.2 Å². The smallest absolute Gasteiger partial charge is 0.416 e. The van der Waals surface area contributed by atoms with Crippen LogP contribution in [0.4, 0.5) is 13.2 Å². The van der Waals surface area contributed by atoms with Gasteiger partial charge in [0.2, 0.25) is 5.79 Å². The van der Waals surface area contributed by atoms with Crippen molar-refractivity contribution in [3.8, 4) is 5.75 Å². The zero-order chi connectivity index (χ0) is 41.4. The number of ether oxygens (including phenoxy) is 6. The summed E-state index contributed by atoms with van der Waals surface area (Å²) in [5.74, 6) is -1.49. The molecule has 6 aromatic carbocycles. The van der Waals surface area contributed by atoms with Gasteiger partial charge in [0.05, 0.1) is 45.2 Å². The maximum absolute atomic E-state index is 13.5. The van der Waals surface area contributed by atoms with Crippen molar-refractivity contribution in [3.05, 3.63) is 208 Å². The highest BCUT2D eigenvalue weighted by molar-refractivity contribution is 5.50. The molecule has 10 heteroatoms. The lowest BCUT2D eigenvalue weighted by Crippen LogP contribution is -2.65. The summed E-state index contributed by atoms with van der Waals surface area (Å²) >= 11 is 0.